The van der Waals surface area contributed by atoms with Crippen LogP contribution in [-0.2, 0) is 14.2 Å². The summed E-state index contributed by atoms with van der Waals surface area (Å²) in [7, 11) is 0. The molecule has 0 aromatic rings. The minimum atomic E-state index is -0.566. The van der Waals surface area contributed by atoms with E-state index in [-0.39, 0.29) is 0 Å². The number of nitrogens with one attached hydrogen (secondary N) is 1. The molecule has 108 valence electrons. The number of amides is 1. The van der Waals surface area contributed by atoms with Crippen molar-refractivity contribution in [3.63, 3.8) is 0 Å². The van der Waals surface area contributed by atoms with Crippen LogP contribution in [0.3, 0.4) is 0 Å². The van der Waals surface area contributed by atoms with E-state index >= 15 is 0 Å². The van der Waals surface area contributed by atoms with Gasteiger partial charge in [0.15, 0.2) is 0 Å². The SMILES string of the molecule is CCCCOC(=O)NN.CCCCOCC1CO1. The molecule has 0 aromatic carbocycles. The molecule has 1 rings (SSSR count). The molecule has 0 bridgehead atoms. The maximum absolute atomic E-state index is 10.2. The summed E-state index contributed by atoms with van der Waals surface area (Å²) >= 11 is 0. The number of hydrazine groups is 1. The first-order valence-electron chi connectivity index (χ1n) is 6.57. The zero-order valence-electron chi connectivity index (χ0n) is 11.4. The Morgan fingerprint density at radius 1 is 1.33 bits per heavy atom. The topological polar surface area (TPSA) is 86.1 Å². The molecule has 1 amide bonds. The zero-order chi connectivity index (χ0) is 13.6. The van der Waals surface area contributed by atoms with E-state index in [1.807, 2.05) is 12.3 Å². The van der Waals surface area contributed by atoms with E-state index in [0.29, 0.717) is 12.7 Å². The lowest BCUT2D eigenvalue weighted by Gasteiger charge is -2.00. The maximum Gasteiger partial charge on any atom is 0.421 e. The van der Waals surface area contributed by atoms with Crippen LogP contribution in [-0.4, -0.2) is 38.6 Å². The van der Waals surface area contributed by atoms with Crippen molar-refractivity contribution in [2.45, 2.75) is 45.6 Å². The van der Waals surface area contributed by atoms with Crippen molar-refractivity contribution < 1.29 is 19.0 Å². The van der Waals surface area contributed by atoms with Crippen molar-refractivity contribution >= 4 is 6.09 Å². The van der Waals surface area contributed by atoms with Gasteiger partial charge < -0.3 is 14.2 Å². The second-order valence-electron chi connectivity index (χ2n) is 4.02. The molecule has 0 radical (unpaired) electrons. The molecule has 0 spiro atoms. The van der Waals surface area contributed by atoms with Crippen LogP contribution < -0.4 is 11.3 Å². The number of unbranched alkanes of at least 4 members (excludes halogenated alkanes) is 2. The third kappa shape index (κ3) is 13.2. The van der Waals surface area contributed by atoms with E-state index in [1.54, 1.807) is 0 Å². The molecule has 3 N–H and O–H groups in total. The number of epoxide rings is 1. The lowest BCUT2D eigenvalue weighted by Crippen LogP contribution is -2.30. The number of carbonyl (C=O) groups excluding carboxylic acids is 1. The van der Waals surface area contributed by atoms with Gasteiger partial charge in [-0.05, 0) is 12.8 Å². The van der Waals surface area contributed by atoms with E-state index in [1.165, 1.54) is 12.8 Å². The molecule has 1 unspecified atom stereocenters. The van der Waals surface area contributed by atoms with Crippen molar-refractivity contribution in [1.82, 2.24) is 5.43 Å². The van der Waals surface area contributed by atoms with Gasteiger partial charge in [0.1, 0.15) is 6.10 Å². The number of carbonyl (C=O) groups is 1. The molecule has 1 aliphatic rings. The van der Waals surface area contributed by atoms with Crippen molar-refractivity contribution in [3.05, 3.63) is 0 Å². The lowest BCUT2D eigenvalue weighted by molar-refractivity contribution is 0.114. The molecule has 18 heavy (non-hydrogen) atoms. The minimum absolute atomic E-state index is 0.432. The Morgan fingerprint density at radius 3 is 2.44 bits per heavy atom. The lowest BCUT2D eigenvalue weighted by atomic mass is 10.4. The van der Waals surface area contributed by atoms with Crippen LogP contribution in [0.4, 0.5) is 4.79 Å². The van der Waals surface area contributed by atoms with Gasteiger partial charge in [0.25, 0.3) is 0 Å². The van der Waals surface area contributed by atoms with Gasteiger partial charge in [-0.25, -0.2) is 10.6 Å². The molecule has 1 atom stereocenters. The second-order valence-corrected chi connectivity index (χ2v) is 4.02. The van der Waals surface area contributed by atoms with Gasteiger partial charge in [-0.3, -0.25) is 5.43 Å². The first-order valence-corrected chi connectivity index (χ1v) is 6.57. The van der Waals surface area contributed by atoms with Crippen molar-refractivity contribution in [3.8, 4) is 0 Å². The molecular weight excluding hydrogens is 236 g/mol. The van der Waals surface area contributed by atoms with Crippen LogP contribution in [0.2, 0.25) is 0 Å². The van der Waals surface area contributed by atoms with Crippen LogP contribution in [0.1, 0.15) is 39.5 Å². The minimum Gasteiger partial charge on any atom is -0.449 e. The fraction of sp³-hybridized carbons (Fsp3) is 0.917. The van der Waals surface area contributed by atoms with Crippen LogP contribution in [0.15, 0.2) is 0 Å². The zero-order valence-corrected chi connectivity index (χ0v) is 11.4. The van der Waals surface area contributed by atoms with Gasteiger partial charge in [0.2, 0.25) is 0 Å². The Labute approximate surface area is 109 Å². The Hall–Kier alpha value is -0.850. The number of nitrogens with two attached hydrogens (primary N) is 1. The van der Waals surface area contributed by atoms with Gasteiger partial charge in [-0.15, -0.1) is 0 Å². The monoisotopic (exact) mass is 262 g/mol. The Balaban J connectivity index is 0.000000321. The molecule has 0 aliphatic carbocycles. The highest BCUT2D eigenvalue weighted by molar-refractivity contribution is 5.66. The number of hydrogen-bond acceptors (Lipinski definition) is 5. The van der Waals surface area contributed by atoms with E-state index in [9.17, 15) is 4.79 Å². The van der Waals surface area contributed by atoms with Crippen LogP contribution in [0, 0.1) is 0 Å². The highest BCUT2D eigenvalue weighted by Gasteiger charge is 2.21. The molecule has 1 aliphatic heterocycles. The standard InChI is InChI=1S/C7H14O2.C5H12N2O2/c1-2-3-4-8-5-7-6-9-7;1-2-3-4-9-5(8)7-6/h7H,2-6H2,1H3;2-4,6H2,1H3,(H,7,8). The average molecular weight is 262 g/mol. The summed E-state index contributed by atoms with van der Waals surface area (Å²) in [5.41, 5.74) is 1.86. The molecule has 1 saturated heterocycles. The highest BCUT2D eigenvalue weighted by Crippen LogP contribution is 2.08. The van der Waals surface area contributed by atoms with E-state index in [4.69, 9.17) is 15.3 Å². The predicted molar refractivity (Wildman–Crippen MR) is 69.0 cm³/mol. The van der Waals surface area contributed by atoms with E-state index < -0.39 is 6.09 Å². The summed E-state index contributed by atoms with van der Waals surface area (Å²) in [4.78, 5) is 10.2. The van der Waals surface area contributed by atoms with E-state index in [0.717, 1.165) is 32.7 Å². The predicted octanol–water partition coefficient (Wildman–Crippen LogP) is 1.59. The summed E-state index contributed by atoms with van der Waals surface area (Å²) in [6.07, 6.45) is 4.15. The van der Waals surface area contributed by atoms with Gasteiger partial charge >= 0.3 is 6.09 Å². The molecular formula is C12H26N2O4. The summed E-state index contributed by atoms with van der Waals surface area (Å²) in [5, 5.41) is 0. The number of hydrogen-bond donors (Lipinski definition) is 2. The van der Waals surface area contributed by atoms with Crippen molar-refractivity contribution in [1.29, 1.82) is 0 Å². The number of ether oxygens (including phenoxy) is 3. The largest absolute Gasteiger partial charge is 0.449 e. The maximum atomic E-state index is 10.2. The third-order valence-corrected chi connectivity index (χ3v) is 2.20. The average Bonchev–Trinajstić information content (AvgIpc) is 3.20. The second kappa shape index (κ2) is 12.6. The first kappa shape index (κ1) is 17.2. The van der Waals surface area contributed by atoms with Crippen LogP contribution >= 0.6 is 0 Å². The summed E-state index contributed by atoms with van der Waals surface area (Å²) in [6.45, 7) is 7.24. The fourth-order valence-electron chi connectivity index (χ4n) is 0.976. The van der Waals surface area contributed by atoms with Gasteiger partial charge in [-0.2, -0.15) is 0 Å². The molecule has 0 aromatic heterocycles. The third-order valence-electron chi connectivity index (χ3n) is 2.20. The summed E-state index contributed by atoms with van der Waals surface area (Å²) in [6, 6.07) is 0. The smallest absolute Gasteiger partial charge is 0.421 e. The Bertz CT molecular complexity index is 199. The van der Waals surface area contributed by atoms with E-state index in [2.05, 4.69) is 11.7 Å². The molecule has 0 saturated carbocycles. The number of rotatable bonds is 8. The molecule has 6 nitrogen and oxygen atoms in total. The molecule has 1 fully saturated rings. The normalized spacial score (nSPS) is 16.5. The highest BCUT2D eigenvalue weighted by atomic mass is 16.6. The van der Waals surface area contributed by atoms with Gasteiger partial charge in [-0.1, -0.05) is 26.7 Å². The summed E-state index contributed by atoms with van der Waals surface area (Å²) in [5.74, 6) is 4.73. The summed E-state index contributed by atoms with van der Waals surface area (Å²) < 4.78 is 14.8. The van der Waals surface area contributed by atoms with Gasteiger partial charge in [0, 0.05) is 6.61 Å². The molecule has 6 heteroatoms. The fourth-order valence-corrected chi connectivity index (χ4v) is 0.976. The van der Waals surface area contributed by atoms with Gasteiger partial charge in [0.05, 0.1) is 19.8 Å². The Morgan fingerprint density at radius 2 is 1.94 bits per heavy atom. The molecule has 1 heterocycles. The van der Waals surface area contributed by atoms with Crippen molar-refractivity contribution in [2.24, 2.45) is 5.84 Å². The first-order chi connectivity index (χ1) is 8.74. The van der Waals surface area contributed by atoms with Crippen LogP contribution in [0.25, 0.3) is 0 Å². The Kier molecular flexibility index (Phi) is 12.0. The van der Waals surface area contributed by atoms with Crippen molar-refractivity contribution in [2.75, 3.05) is 26.4 Å². The van der Waals surface area contributed by atoms with Crippen LogP contribution in [0.5, 0.6) is 0 Å². The quantitative estimate of drug-likeness (QED) is 0.228.